The molecular weight excluding hydrogens is 178 g/mol. The van der Waals surface area contributed by atoms with Crippen molar-refractivity contribution in [2.45, 2.75) is 26.8 Å². The molecule has 0 atom stereocenters. The normalized spacial score (nSPS) is 11.6. The predicted molar refractivity (Wildman–Crippen MR) is 63.9 cm³/mol. The van der Waals surface area contributed by atoms with Crippen LogP contribution in [-0.2, 0) is 0 Å². The van der Waals surface area contributed by atoms with Gasteiger partial charge in [0.05, 0.1) is 5.03 Å². The van der Waals surface area contributed by atoms with E-state index in [4.69, 9.17) is 0 Å². The number of thiol groups is 1. The molecule has 0 aromatic heterocycles. The lowest BCUT2D eigenvalue weighted by molar-refractivity contribution is 0.331. The van der Waals surface area contributed by atoms with Crippen molar-refractivity contribution in [3.63, 3.8) is 0 Å². The van der Waals surface area contributed by atoms with Crippen LogP contribution in [0.1, 0.15) is 20.8 Å². The van der Waals surface area contributed by atoms with E-state index in [1.54, 1.807) is 0 Å². The van der Waals surface area contributed by atoms with Crippen LogP contribution < -0.4 is 0 Å². The lowest BCUT2D eigenvalue weighted by Crippen LogP contribution is -2.29. The SMILES string of the molecule is C=C/C(=C\C)CN(C(=C)S)C(C)C. The van der Waals surface area contributed by atoms with Crippen LogP contribution in [0, 0.1) is 0 Å². The molecule has 0 saturated carbocycles. The standard InChI is InChI=1S/C11H19NS/c1-6-11(7-2)8-12(9(3)4)10(5)13/h6-7,9,13H,1,5,8H2,2-4H3/b11-7+. The molecule has 0 spiro atoms. The second-order valence-corrected chi connectivity index (χ2v) is 3.72. The van der Waals surface area contributed by atoms with E-state index >= 15 is 0 Å². The molecule has 0 amide bonds. The van der Waals surface area contributed by atoms with E-state index < -0.39 is 0 Å². The molecule has 0 radical (unpaired) electrons. The first-order chi connectivity index (χ1) is 6.02. The van der Waals surface area contributed by atoms with Gasteiger partial charge in [0.1, 0.15) is 0 Å². The van der Waals surface area contributed by atoms with Gasteiger partial charge in [-0.05, 0) is 26.3 Å². The van der Waals surface area contributed by atoms with Crippen LogP contribution in [0.3, 0.4) is 0 Å². The predicted octanol–water partition coefficient (Wildman–Crippen LogP) is 3.23. The summed E-state index contributed by atoms with van der Waals surface area (Å²) in [4.78, 5) is 2.13. The second kappa shape index (κ2) is 5.92. The Bertz CT molecular complexity index is 216. The fourth-order valence-corrected chi connectivity index (χ4v) is 1.34. The maximum absolute atomic E-state index is 4.25. The minimum atomic E-state index is 0.417. The summed E-state index contributed by atoms with van der Waals surface area (Å²) in [6.45, 7) is 14.7. The highest BCUT2D eigenvalue weighted by Crippen LogP contribution is 2.13. The monoisotopic (exact) mass is 197 g/mol. The Morgan fingerprint density at radius 2 is 2.08 bits per heavy atom. The molecule has 0 aliphatic rings. The summed E-state index contributed by atoms with van der Waals surface area (Å²) < 4.78 is 0. The molecule has 0 fully saturated rings. The van der Waals surface area contributed by atoms with Crippen molar-refractivity contribution >= 4 is 12.6 Å². The van der Waals surface area contributed by atoms with Crippen LogP contribution in [-0.4, -0.2) is 17.5 Å². The molecule has 13 heavy (non-hydrogen) atoms. The van der Waals surface area contributed by atoms with Gasteiger partial charge in [0, 0.05) is 12.6 Å². The first-order valence-corrected chi connectivity index (χ1v) is 4.89. The minimum Gasteiger partial charge on any atom is -0.360 e. The van der Waals surface area contributed by atoms with Crippen molar-refractivity contribution in [3.05, 3.63) is 35.9 Å². The molecule has 0 unspecified atom stereocenters. The molecule has 0 heterocycles. The topological polar surface area (TPSA) is 3.24 Å². The van der Waals surface area contributed by atoms with E-state index in [0.29, 0.717) is 6.04 Å². The van der Waals surface area contributed by atoms with E-state index in [1.807, 2.05) is 13.0 Å². The summed E-state index contributed by atoms with van der Waals surface area (Å²) in [6.07, 6.45) is 3.92. The highest BCUT2D eigenvalue weighted by molar-refractivity contribution is 7.84. The largest absolute Gasteiger partial charge is 0.360 e. The van der Waals surface area contributed by atoms with Gasteiger partial charge in [0.25, 0.3) is 0 Å². The second-order valence-electron chi connectivity index (χ2n) is 3.21. The zero-order valence-electron chi connectivity index (χ0n) is 8.75. The Morgan fingerprint density at radius 3 is 2.31 bits per heavy atom. The molecule has 0 rings (SSSR count). The van der Waals surface area contributed by atoms with Gasteiger partial charge >= 0.3 is 0 Å². The van der Waals surface area contributed by atoms with Crippen molar-refractivity contribution in [2.24, 2.45) is 0 Å². The summed E-state index contributed by atoms with van der Waals surface area (Å²) >= 11 is 4.25. The third-order valence-electron chi connectivity index (χ3n) is 1.94. The molecule has 0 bridgehead atoms. The average Bonchev–Trinajstić information content (AvgIpc) is 2.05. The Balaban J connectivity index is 4.43. The molecule has 0 aromatic rings. The van der Waals surface area contributed by atoms with Crippen LogP contribution in [0.4, 0.5) is 0 Å². The van der Waals surface area contributed by atoms with E-state index in [2.05, 4.69) is 50.6 Å². The van der Waals surface area contributed by atoms with Crippen LogP contribution in [0.2, 0.25) is 0 Å². The van der Waals surface area contributed by atoms with Gasteiger partial charge in [-0.15, -0.1) is 12.6 Å². The van der Waals surface area contributed by atoms with E-state index in [0.717, 1.165) is 11.6 Å². The number of hydrogen-bond donors (Lipinski definition) is 1. The van der Waals surface area contributed by atoms with Crippen LogP contribution >= 0.6 is 12.6 Å². The van der Waals surface area contributed by atoms with Crippen LogP contribution in [0.5, 0.6) is 0 Å². The van der Waals surface area contributed by atoms with Gasteiger partial charge in [-0.25, -0.2) is 0 Å². The van der Waals surface area contributed by atoms with Gasteiger partial charge in [-0.3, -0.25) is 0 Å². The Labute approximate surface area is 87.2 Å². The molecule has 2 heteroatoms. The average molecular weight is 197 g/mol. The molecule has 0 aliphatic heterocycles. The van der Waals surface area contributed by atoms with E-state index in [1.165, 1.54) is 5.57 Å². The van der Waals surface area contributed by atoms with Crippen molar-refractivity contribution in [3.8, 4) is 0 Å². The summed E-state index contributed by atoms with van der Waals surface area (Å²) in [5, 5.41) is 0.802. The van der Waals surface area contributed by atoms with Crippen molar-refractivity contribution in [1.82, 2.24) is 4.90 Å². The van der Waals surface area contributed by atoms with Crippen LogP contribution in [0.15, 0.2) is 35.9 Å². The molecule has 1 nitrogen and oxygen atoms in total. The fourth-order valence-electron chi connectivity index (χ4n) is 1.04. The van der Waals surface area contributed by atoms with E-state index in [-0.39, 0.29) is 0 Å². The first-order valence-electron chi connectivity index (χ1n) is 4.45. The molecule has 0 N–H and O–H groups in total. The highest BCUT2D eigenvalue weighted by atomic mass is 32.1. The third-order valence-corrected chi connectivity index (χ3v) is 2.20. The van der Waals surface area contributed by atoms with E-state index in [9.17, 15) is 0 Å². The van der Waals surface area contributed by atoms with Gasteiger partial charge in [-0.2, -0.15) is 0 Å². The minimum absolute atomic E-state index is 0.417. The fraction of sp³-hybridized carbons (Fsp3) is 0.455. The summed E-state index contributed by atoms with van der Waals surface area (Å²) in [5.74, 6) is 0. The van der Waals surface area contributed by atoms with Crippen LogP contribution in [0.25, 0.3) is 0 Å². The van der Waals surface area contributed by atoms with Crippen molar-refractivity contribution in [1.29, 1.82) is 0 Å². The molecule has 0 aliphatic carbocycles. The molecular formula is C11H19NS. The number of rotatable bonds is 5. The molecule has 0 aromatic carbocycles. The Morgan fingerprint density at radius 1 is 1.54 bits per heavy atom. The number of allylic oxidation sites excluding steroid dienone is 1. The van der Waals surface area contributed by atoms with Gasteiger partial charge in [0.2, 0.25) is 0 Å². The summed E-state index contributed by atoms with van der Waals surface area (Å²) in [7, 11) is 0. The van der Waals surface area contributed by atoms with Crippen molar-refractivity contribution in [2.75, 3.05) is 6.54 Å². The van der Waals surface area contributed by atoms with Gasteiger partial charge < -0.3 is 4.90 Å². The first kappa shape index (κ1) is 12.4. The summed E-state index contributed by atoms with van der Waals surface area (Å²) in [6, 6.07) is 0.417. The van der Waals surface area contributed by atoms with Crippen molar-refractivity contribution < 1.29 is 0 Å². The highest BCUT2D eigenvalue weighted by Gasteiger charge is 2.09. The quantitative estimate of drug-likeness (QED) is 0.523. The van der Waals surface area contributed by atoms with Gasteiger partial charge in [0.15, 0.2) is 0 Å². The smallest absolute Gasteiger partial charge is 0.0608 e. The Hall–Kier alpha value is -0.630. The lowest BCUT2D eigenvalue weighted by atomic mass is 10.2. The van der Waals surface area contributed by atoms with Gasteiger partial charge in [-0.1, -0.05) is 25.3 Å². The summed E-state index contributed by atoms with van der Waals surface area (Å²) in [5.41, 5.74) is 1.20. The molecule has 74 valence electrons. The Kier molecular flexibility index (Phi) is 5.63. The zero-order valence-corrected chi connectivity index (χ0v) is 9.64. The maximum atomic E-state index is 4.25. The molecule has 0 saturated heterocycles. The maximum Gasteiger partial charge on any atom is 0.0608 e. The number of nitrogens with zero attached hydrogens (tertiary/aromatic N) is 1. The number of hydrogen-bond acceptors (Lipinski definition) is 2. The lowest BCUT2D eigenvalue weighted by Gasteiger charge is -2.28. The zero-order chi connectivity index (χ0) is 10.4. The third kappa shape index (κ3) is 4.23.